The molecule has 0 saturated carbocycles. The molecule has 5 heteroatoms. The number of ether oxygens (including phenoxy) is 1. The zero-order valence-corrected chi connectivity index (χ0v) is 11.7. The maximum absolute atomic E-state index is 8.00. The second-order valence-electron chi connectivity index (χ2n) is 5.89. The highest BCUT2D eigenvalue weighted by atomic mass is 16.6. The molecule has 0 bridgehead atoms. The number of nitrogens with zero attached hydrogens (tertiary/aromatic N) is 2. The summed E-state index contributed by atoms with van der Waals surface area (Å²) in [4.78, 5) is 8.00. The summed E-state index contributed by atoms with van der Waals surface area (Å²) in [6, 6.07) is 0. The van der Waals surface area contributed by atoms with Crippen molar-refractivity contribution < 1.29 is 9.22 Å². The molecule has 0 radical (unpaired) electrons. The van der Waals surface area contributed by atoms with Gasteiger partial charge in [0.25, 0.3) is 0 Å². The van der Waals surface area contributed by atoms with Crippen molar-refractivity contribution in [2.45, 2.75) is 59.1 Å². The van der Waals surface area contributed by atoms with Crippen molar-refractivity contribution in [1.29, 1.82) is 0 Å². The van der Waals surface area contributed by atoms with E-state index in [1.807, 2.05) is 0 Å². The number of hydrogen-bond acceptors (Lipinski definition) is 4. The minimum absolute atomic E-state index is 0.325. The Labute approximate surface area is 104 Å². The molecule has 0 aromatic heterocycles. The lowest BCUT2D eigenvalue weighted by Crippen LogP contribution is -2.59. The van der Waals surface area contributed by atoms with Crippen molar-refractivity contribution in [3.05, 3.63) is 10.1 Å². The third-order valence-corrected chi connectivity index (χ3v) is 3.50. The van der Waals surface area contributed by atoms with E-state index in [1.54, 1.807) is 0 Å². The lowest BCUT2D eigenvalue weighted by Gasteiger charge is -2.45. The molecule has 0 amide bonds. The lowest BCUT2D eigenvalue weighted by atomic mass is 10.0. The Morgan fingerprint density at radius 2 is 1.71 bits per heavy atom. The zero-order valence-electron chi connectivity index (χ0n) is 11.7. The maximum atomic E-state index is 8.00. The highest BCUT2D eigenvalue weighted by Crippen LogP contribution is 2.31. The maximum Gasteiger partial charge on any atom is 0.183 e. The first-order valence-corrected chi connectivity index (χ1v) is 6.22. The summed E-state index contributed by atoms with van der Waals surface area (Å²) in [6.45, 7) is 14.7. The summed E-state index contributed by atoms with van der Waals surface area (Å²) < 4.78 is 6.97. The SMILES string of the molecule is CC(C)OC[N+]1(C(C)(C)C)CCCC1.O=N[O-]. The molecular weight excluding hydrogens is 220 g/mol. The second kappa shape index (κ2) is 6.91. The zero-order chi connectivity index (χ0) is 13.5. The van der Waals surface area contributed by atoms with Crippen LogP contribution in [0.3, 0.4) is 0 Å². The van der Waals surface area contributed by atoms with Gasteiger partial charge in [0.1, 0.15) is 0 Å². The average Bonchev–Trinajstić information content (AvgIpc) is 2.64. The van der Waals surface area contributed by atoms with Crippen LogP contribution in [0.15, 0.2) is 5.34 Å². The molecule has 1 aliphatic rings. The normalized spacial score (nSPS) is 18.7. The van der Waals surface area contributed by atoms with E-state index in [0.29, 0.717) is 11.6 Å². The van der Waals surface area contributed by atoms with Crippen LogP contribution in [0.2, 0.25) is 0 Å². The number of quaternary nitrogens is 1. The minimum Gasteiger partial charge on any atom is -0.444 e. The van der Waals surface area contributed by atoms with E-state index in [0.717, 1.165) is 16.6 Å². The van der Waals surface area contributed by atoms with Gasteiger partial charge in [0.2, 0.25) is 0 Å². The van der Waals surface area contributed by atoms with Crippen LogP contribution in [-0.2, 0) is 4.74 Å². The van der Waals surface area contributed by atoms with Gasteiger partial charge >= 0.3 is 0 Å². The van der Waals surface area contributed by atoms with Gasteiger partial charge in [0, 0.05) is 12.8 Å². The van der Waals surface area contributed by atoms with Gasteiger partial charge in [0.15, 0.2) is 6.73 Å². The summed E-state index contributed by atoms with van der Waals surface area (Å²) in [5, 5.41) is 9.00. The van der Waals surface area contributed by atoms with Crippen LogP contribution in [0.4, 0.5) is 0 Å². The van der Waals surface area contributed by atoms with Crippen LogP contribution in [-0.4, -0.2) is 35.9 Å². The first-order chi connectivity index (χ1) is 7.79. The van der Waals surface area contributed by atoms with E-state index in [4.69, 9.17) is 14.9 Å². The summed E-state index contributed by atoms with van der Waals surface area (Å²) in [6.07, 6.45) is 3.07. The monoisotopic (exact) mass is 246 g/mol. The fourth-order valence-corrected chi connectivity index (χ4v) is 2.23. The Kier molecular flexibility index (Phi) is 6.64. The lowest BCUT2D eigenvalue weighted by molar-refractivity contribution is -0.977. The van der Waals surface area contributed by atoms with Crippen LogP contribution in [0.1, 0.15) is 47.5 Å². The van der Waals surface area contributed by atoms with Gasteiger partial charge in [-0.25, -0.2) is 0 Å². The van der Waals surface area contributed by atoms with Crippen LogP contribution < -0.4 is 0 Å². The molecule has 102 valence electrons. The number of likely N-dealkylation sites (tertiary alicyclic amines) is 1. The molecule has 0 aromatic rings. The molecule has 17 heavy (non-hydrogen) atoms. The van der Waals surface area contributed by atoms with Crippen molar-refractivity contribution in [2.75, 3.05) is 19.8 Å². The predicted octanol–water partition coefficient (Wildman–Crippen LogP) is 3.03. The summed E-state index contributed by atoms with van der Waals surface area (Å²) >= 11 is 0. The topological polar surface area (TPSA) is 61.7 Å². The fraction of sp³-hybridized carbons (Fsp3) is 1.00. The van der Waals surface area contributed by atoms with E-state index in [1.165, 1.54) is 25.9 Å². The smallest absolute Gasteiger partial charge is 0.183 e. The molecule has 5 nitrogen and oxygen atoms in total. The summed E-state index contributed by atoms with van der Waals surface area (Å²) in [5.74, 6) is 0. The van der Waals surface area contributed by atoms with Gasteiger partial charge in [-0.15, -0.1) is 5.34 Å². The molecule has 0 unspecified atom stereocenters. The van der Waals surface area contributed by atoms with Crippen molar-refractivity contribution in [3.63, 3.8) is 0 Å². The Balaban J connectivity index is 0.000000770. The van der Waals surface area contributed by atoms with Crippen molar-refractivity contribution in [3.8, 4) is 0 Å². The largest absolute Gasteiger partial charge is 0.444 e. The molecule has 1 aliphatic heterocycles. The number of rotatable bonds is 3. The van der Waals surface area contributed by atoms with E-state index >= 15 is 0 Å². The molecule has 0 atom stereocenters. The first kappa shape index (κ1) is 16.3. The van der Waals surface area contributed by atoms with Crippen molar-refractivity contribution >= 4 is 0 Å². The van der Waals surface area contributed by atoms with E-state index in [-0.39, 0.29) is 0 Å². The molecular formula is C12H26N2O3. The molecule has 1 fully saturated rings. The molecule has 0 N–H and O–H groups in total. The van der Waals surface area contributed by atoms with Crippen LogP contribution >= 0.6 is 0 Å². The Bertz CT molecular complexity index is 218. The Morgan fingerprint density at radius 1 is 1.29 bits per heavy atom. The minimum atomic E-state index is 0.325. The summed E-state index contributed by atoms with van der Waals surface area (Å²) in [5.41, 5.74) is 0.325. The second-order valence-corrected chi connectivity index (χ2v) is 5.89. The predicted molar refractivity (Wildman–Crippen MR) is 69.2 cm³/mol. The highest BCUT2D eigenvalue weighted by Gasteiger charge is 2.42. The Hall–Kier alpha value is -0.680. The molecule has 0 aromatic carbocycles. The third-order valence-electron chi connectivity index (χ3n) is 3.50. The van der Waals surface area contributed by atoms with Crippen LogP contribution in [0.5, 0.6) is 0 Å². The van der Waals surface area contributed by atoms with Gasteiger partial charge < -0.3 is 14.9 Å². The molecule has 1 heterocycles. The van der Waals surface area contributed by atoms with Gasteiger partial charge in [0.05, 0.1) is 24.7 Å². The van der Waals surface area contributed by atoms with Crippen LogP contribution in [0, 0.1) is 10.1 Å². The van der Waals surface area contributed by atoms with Crippen LogP contribution in [0.25, 0.3) is 0 Å². The fourth-order valence-electron chi connectivity index (χ4n) is 2.23. The molecule has 1 rings (SSSR count). The molecule has 0 aliphatic carbocycles. The number of hydrogen-bond donors (Lipinski definition) is 0. The average molecular weight is 246 g/mol. The molecule has 0 spiro atoms. The molecule has 1 saturated heterocycles. The van der Waals surface area contributed by atoms with Crippen molar-refractivity contribution in [1.82, 2.24) is 0 Å². The quantitative estimate of drug-likeness (QED) is 0.437. The first-order valence-electron chi connectivity index (χ1n) is 6.22. The Morgan fingerprint density at radius 3 is 2.00 bits per heavy atom. The van der Waals surface area contributed by atoms with E-state index in [2.05, 4.69) is 34.6 Å². The van der Waals surface area contributed by atoms with Gasteiger partial charge in [-0.1, -0.05) is 0 Å². The van der Waals surface area contributed by atoms with Crippen molar-refractivity contribution in [2.24, 2.45) is 5.34 Å². The van der Waals surface area contributed by atoms with Gasteiger partial charge in [-0.3, -0.25) is 4.48 Å². The van der Waals surface area contributed by atoms with Gasteiger partial charge in [-0.2, -0.15) is 0 Å². The van der Waals surface area contributed by atoms with Gasteiger partial charge in [-0.05, 0) is 34.6 Å². The third kappa shape index (κ3) is 5.00. The van der Waals surface area contributed by atoms with E-state index < -0.39 is 0 Å². The van der Waals surface area contributed by atoms with E-state index in [9.17, 15) is 0 Å². The standard InChI is InChI=1S/C12H26NO.HNO2/c1-11(2)14-10-13(12(3,4)5)8-6-7-9-13;2-1-3/h11H,6-10H2,1-5H3;(H,2,3)/q+1;/p-1. The highest BCUT2D eigenvalue weighted by molar-refractivity contribution is 4.67. The summed E-state index contributed by atoms with van der Waals surface area (Å²) in [7, 11) is 0.